The normalized spacial score (nSPS) is 10.4. The van der Waals surface area contributed by atoms with Crippen LogP contribution in [0.2, 0.25) is 0 Å². The fourth-order valence-electron chi connectivity index (χ4n) is 3.45. The Morgan fingerprint density at radius 1 is 0.519 bits per heavy atom. The fraction of sp³-hybridized carbons (Fsp3) is 0.714. The largest absolute Gasteiger partial charge is 1.00 e. The second-order valence-electron chi connectivity index (χ2n) is 7.52. The summed E-state index contributed by atoms with van der Waals surface area (Å²) < 4.78 is 8.80. The third-order valence-corrected chi connectivity index (χ3v) is 4.98. The van der Waals surface area contributed by atoms with Crippen molar-refractivity contribution in [2.75, 3.05) is 0 Å². The first-order valence-electron chi connectivity index (χ1n) is 10.3. The molecule has 0 amide bonds. The second kappa shape index (κ2) is 16.0. The van der Waals surface area contributed by atoms with E-state index in [2.05, 4.69) is 69.8 Å². The van der Waals surface area contributed by atoms with Crippen molar-refractivity contribution < 1.29 is 33.9 Å². The van der Waals surface area contributed by atoms with Gasteiger partial charge in [0.15, 0.2) is 0 Å². The first-order chi connectivity index (χ1) is 12.2. The molecule has 0 aromatic carbocycles. The molecule has 0 aliphatic rings. The number of unbranched alkanes of at least 4 members (excludes halogenated alkanes) is 10. The molecule has 156 valence electrons. The van der Waals surface area contributed by atoms with Crippen LogP contribution in [0.25, 0.3) is 0 Å². The molecule has 0 saturated heterocycles. The summed E-state index contributed by atoms with van der Waals surface area (Å²) >= 11 is 0. The molecular weight excluding hydrogens is 379 g/mol. The van der Waals surface area contributed by atoms with Crippen LogP contribution >= 0.6 is 0 Å². The molecular formula is C21H38Cl2N4. The van der Waals surface area contributed by atoms with Crippen LogP contribution in [0, 0.1) is 0 Å². The number of nitrogens with zero attached hydrogens (tertiary/aromatic N) is 4. The van der Waals surface area contributed by atoms with Crippen molar-refractivity contribution in [1.82, 2.24) is 9.13 Å². The van der Waals surface area contributed by atoms with Gasteiger partial charge in [0.1, 0.15) is 24.8 Å². The number of aryl methyl sites for hydroxylation is 4. The maximum atomic E-state index is 2.29. The number of aromatic nitrogens is 4. The van der Waals surface area contributed by atoms with E-state index >= 15 is 0 Å². The molecule has 0 bridgehead atoms. The van der Waals surface area contributed by atoms with E-state index in [4.69, 9.17) is 0 Å². The van der Waals surface area contributed by atoms with Crippen molar-refractivity contribution in [3.05, 3.63) is 37.4 Å². The van der Waals surface area contributed by atoms with Gasteiger partial charge in [0.05, 0.1) is 27.2 Å². The van der Waals surface area contributed by atoms with Gasteiger partial charge in [-0.3, -0.25) is 0 Å². The van der Waals surface area contributed by atoms with Gasteiger partial charge in [0.2, 0.25) is 12.7 Å². The summed E-state index contributed by atoms with van der Waals surface area (Å²) in [6.07, 6.45) is 28.2. The first kappa shape index (κ1) is 26.0. The maximum absolute atomic E-state index is 2.29. The zero-order valence-electron chi connectivity index (χ0n) is 17.2. The van der Waals surface area contributed by atoms with Gasteiger partial charge in [-0.1, -0.05) is 44.9 Å². The number of halogens is 2. The highest BCUT2D eigenvalue weighted by Crippen LogP contribution is 2.12. The molecule has 2 heterocycles. The molecule has 2 aromatic heterocycles. The molecule has 0 unspecified atom stereocenters. The van der Waals surface area contributed by atoms with Crippen molar-refractivity contribution in [1.29, 1.82) is 0 Å². The highest BCUT2D eigenvalue weighted by molar-refractivity contribution is 4.66. The topological polar surface area (TPSA) is 17.6 Å². The molecule has 0 N–H and O–H groups in total. The zero-order chi connectivity index (χ0) is 17.7. The summed E-state index contributed by atoms with van der Waals surface area (Å²) in [5, 5.41) is 0. The summed E-state index contributed by atoms with van der Waals surface area (Å²) in [5.41, 5.74) is 0. The summed E-state index contributed by atoms with van der Waals surface area (Å²) in [5.74, 6) is 0. The molecule has 4 nitrogen and oxygen atoms in total. The molecule has 0 fully saturated rings. The van der Waals surface area contributed by atoms with E-state index in [0.717, 1.165) is 0 Å². The van der Waals surface area contributed by atoms with Crippen molar-refractivity contribution in [3.63, 3.8) is 0 Å². The van der Waals surface area contributed by atoms with E-state index < -0.39 is 0 Å². The standard InChI is InChI=1S/C21H38N4.2ClH/c1-22-16-18-24(20-22)14-12-10-8-6-4-3-5-7-9-11-13-15-25-19-17-23(2)21-25;;/h16-21H,3-15H2,1-2H3;2*1H/q+2;;/p-2. The number of hydrogen-bond acceptors (Lipinski definition) is 0. The van der Waals surface area contributed by atoms with Crippen molar-refractivity contribution in [2.45, 2.75) is 83.7 Å². The van der Waals surface area contributed by atoms with E-state index in [9.17, 15) is 0 Å². The van der Waals surface area contributed by atoms with Crippen LogP contribution < -0.4 is 33.9 Å². The summed E-state index contributed by atoms with van der Waals surface area (Å²) in [6, 6.07) is 0. The van der Waals surface area contributed by atoms with Gasteiger partial charge in [0, 0.05) is 0 Å². The summed E-state index contributed by atoms with van der Waals surface area (Å²) in [4.78, 5) is 0. The van der Waals surface area contributed by atoms with Crippen LogP contribution in [0.5, 0.6) is 0 Å². The van der Waals surface area contributed by atoms with Crippen LogP contribution in [0.15, 0.2) is 37.4 Å². The summed E-state index contributed by atoms with van der Waals surface area (Å²) in [7, 11) is 4.16. The first-order valence-corrected chi connectivity index (χ1v) is 10.3. The van der Waals surface area contributed by atoms with Crippen molar-refractivity contribution in [3.8, 4) is 0 Å². The molecule has 0 saturated carbocycles. The third-order valence-electron chi connectivity index (χ3n) is 4.98. The molecule has 0 spiro atoms. The van der Waals surface area contributed by atoms with Crippen LogP contribution in [0.4, 0.5) is 0 Å². The Morgan fingerprint density at radius 3 is 1.07 bits per heavy atom. The molecule has 2 aromatic rings. The van der Waals surface area contributed by atoms with Crippen LogP contribution in [-0.2, 0) is 27.2 Å². The minimum atomic E-state index is 0. The van der Waals surface area contributed by atoms with E-state index in [1.54, 1.807) is 0 Å². The average molecular weight is 417 g/mol. The quantitative estimate of drug-likeness (QED) is 0.249. The Labute approximate surface area is 178 Å². The Kier molecular flexibility index (Phi) is 15.4. The van der Waals surface area contributed by atoms with E-state index in [0.29, 0.717) is 0 Å². The van der Waals surface area contributed by atoms with Gasteiger partial charge in [-0.25, -0.2) is 18.3 Å². The minimum Gasteiger partial charge on any atom is -1.00 e. The van der Waals surface area contributed by atoms with Gasteiger partial charge in [-0.2, -0.15) is 0 Å². The molecule has 0 aliphatic carbocycles. The van der Waals surface area contributed by atoms with Crippen LogP contribution in [0.1, 0.15) is 70.6 Å². The van der Waals surface area contributed by atoms with Crippen molar-refractivity contribution in [2.24, 2.45) is 14.1 Å². The Bertz CT molecular complexity index is 530. The second-order valence-corrected chi connectivity index (χ2v) is 7.52. The number of imidazole rings is 2. The number of hydrogen-bond donors (Lipinski definition) is 0. The lowest BCUT2D eigenvalue weighted by Crippen LogP contribution is -3.00. The summed E-state index contributed by atoms with van der Waals surface area (Å²) in [6.45, 7) is 2.34. The average Bonchev–Trinajstić information content (AvgIpc) is 3.20. The SMILES string of the molecule is C[n+]1ccn(CCCCCCCCCCCCCn2cc[n+](C)c2)c1.[Cl-].[Cl-]. The maximum Gasteiger partial charge on any atom is 0.243 e. The fourth-order valence-corrected chi connectivity index (χ4v) is 3.45. The predicted molar refractivity (Wildman–Crippen MR) is 102 cm³/mol. The molecule has 27 heavy (non-hydrogen) atoms. The van der Waals surface area contributed by atoms with Crippen LogP contribution in [-0.4, -0.2) is 9.13 Å². The third kappa shape index (κ3) is 12.1. The Balaban J connectivity index is 0.00000338. The minimum absolute atomic E-state index is 0. The van der Waals surface area contributed by atoms with Gasteiger partial charge >= 0.3 is 0 Å². The molecule has 0 aliphatic heterocycles. The lowest BCUT2D eigenvalue weighted by molar-refractivity contribution is -0.671. The Hall–Kier alpha value is -1.00. The van der Waals surface area contributed by atoms with E-state index in [-0.39, 0.29) is 24.8 Å². The Morgan fingerprint density at radius 2 is 0.815 bits per heavy atom. The van der Waals surface area contributed by atoms with Crippen LogP contribution in [0.3, 0.4) is 0 Å². The molecule has 6 heteroatoms. The molecule has 2 rings (SSSR count). The van der Waals surface area contributed by atoms with Gasteiger partial charge in [-0.05, 0) is 25.7 Å². The van der Waals surface area contributed by atoms with Gasteiger partial charge in [0.25, 0.3) is 0 Å². The molecule has 0 radical (unpaired) electrons. The highest BCUT2D eigenvalue weighted by atomic mass is 35.5. The van der Waals surface area contributed by atoms with E-state index in [1.807, 2.05) is 0 Å². The number of rotatable bonds is 14. The van der Waals surface area contributed by atoms with E-state index in [1.165, 1.54) is 83.7 Å². The van der Waals surface area contributed by atoms with Gasteiger partial charge < -0.3 is 24.8 Å². The highest BCUT2D eigenvalue weighted by Gasteiger charge is 2.00. The smallest absolute Gasteiger partial charge is 0.243 e. The van der Waals surface area contributed by atoms with Crippen molar-refractivity contribution >= 4 is 0 Å². The van der Waals surface area contributed by atoms with Gasteiger partial charge in [-0.15, -0.1) is 0 Å². The predicted octanol–water partition coefficient (Wildman–Crippen LogP) is -2.06. The lowest BCUT2D eigenvalue weighted by atomic mass is 10.1. The lowest BCUT2D eigenvalue weighted by Gasteiger charge is -2.02. The molecule has 0 atom stereocenters. The monoisotopic (exact) mass is 416 g/mol. The zero-order valence-corrected chi connectivity index (χ0v) is 18.7.